The molecule has 0 bridgehead atoms. The molecule has 0 aromatic carbocycles. The molecular formula is C14H27N3O2. The molecule has 1 heterocycles. The molecule has 0 aliphatic carbocycles. The van der Waals surface area contributed by atoms with Crippen LogP contribution in [0.1, 0.15) is 46.5 Å². The van der Waals surface area contributed by atoms with Crippen molar-refractivity contribution in [3.63, 3.8) is 0 Å². The summed E-state index contributed by atoms with van der Waals surface area (Å²) in [5.41, 5.74) is 5.78. The van der Waals surface area contributed by atoms with Crippen molar-refractivity contribution in [3.05, 3.63) is 0 Å². The molecule has 1 fully saturated rings. The first-order chi connectivity index (χ1) is 9.01. The van der Waals surface area contributed by atoms with Crippen LogP contribution in [0, 0.1) is 5.92 Å². The Morgan fingerprint density at radius 3 is 2.63 bits per heavy atom. The number of nitrogens with one attached hydrogen (secondary N) is 1. The highest BCUT2D eigenvalue weighted by Crippen LogP contribution is 2.18. The summed E-state index contributed by atoms with van der Waals surface area (Å²) in [5, 5.41) is 2.94. The molecule has 1 rings (SSSR count). The van der Waals surface area contributed by atoms with E-state index in [1.165, 1.54) is 0 Å². The summed E-state index contributed by atoms with van der Waals surface area (Å²) in [6.45, 7) is 7.41. The molecule has 1 saturated heterocycles. The van der Waals surface area contributed by atoms with Crippen LogP contribution in [0.3, 0.4) is 0 Å². The lowest BCUT2D eigenvalue weighted by Gasteiger charge is -2.26. The van der Waals surface area contributed by atoms with Crippen molar-refractivity contribution < 1.29 is 9.59 Å². The first-order valence-electron chi connectivity index (χ1n) is 7.35. The van der Waals surface area contributed by atoms with Gasteiger partial charge in [0.25, 0.3) is 0 Å². The van der Waals surface area contributed by atoms with Gasteiger partial charge in [0, 0.05) is 13.1 Å². The number of hydrogen-bond acceptors (Lipinski definition) is 3. The Hall–Kier alpha value is -1.10. The summed E-state index contributed by atoms with van der Waals surface area (Å²) < 4.78 is 0. The molecule has 2 amide bonds. The lowest BCUT2D eigenvalue weighted by Crippen LogP contribution is -2.51. The average molecular weight is 269 g/mol. The van der Waals surface area contributed by atoms with Gasteiger partial charge in [-0.15, -0.1) is 0 Å². The molecule has 110 valence electrons. The van der Waals surface area contributed by atoms with Gasteiger partial charge in [0.15, 0.2) is 0 Å². The van der Waals surface area contributed by atoms with E-state index in [9.17, 15) is 9.59 Å². The fourth-order valence-electron chi connectivity index (χ4n) is 2.23. The fraction of sp³-hybridized carbons (Fsp3) is 0.857. The fourth-order valence-corrected chi connectivity index (χ4v) is 2.23. The van der Waals surface area contributed by atoms with E-state index in [-0.39, 0.29) is 17.9 Å². The highest BCUT2D eigenvalue weighted by atomic mass is 16.2. The van der Waals surface area contributed by atoms with E-state index in [0.717, 1.165) is 19.3 Å². The van der Waals surface area contributed by atoms with Crippen LogP contribution in [0.2, 0.25) is 0 Å². The zero-order valence-electron chi connectivity index (χ0n) is 12.3. The van der Waals surface area contributed by atoms with Crippen LogP contribution in [0.4, 0.5) is 0 Å². The van der Waals surface area contributed by atoms with Gasteiger partial charge in [-0.05, 0) is 25.2 Å². The second-order valence-electron chi connectivity index (χ2n) is 5.46. The number of rotatable bonds is 6. The highest BCUT2D eigenvalue weighted by molar-refractivity contribution is 5.90. The molecule has 0 aromatic rings. The van der Waals surface area contributed by atoms with Crippen LogP contribution in [-0.2, 0) is 9.59 Å². The topological polar surface area (TPSA) is 75.4 Å². The Bertz CT molecular complexity index is 320. The molecule has 0 aromatic heterocycles. The van der Waals surface area contributed by atoms with Gasteiger partial charge in [0.05, 0.1) is 6.04 Å². The van der Waals surface area contributed by atoms with Gasteiger partial charge >= 0.3 is 0 Å². The van der Waals surface area contributed by atoms with Crippen molar-refractivity contribution >= 4 is 11.8 Å². The number of amides is 2. The summed E-state index contributed by atoms with van der Waals surface area (Å²) in [4.78, 5) is 25.9. The van der Waals surface area contributed by atoms with Crippen LogP contribution < -0.4 is 11.1 Å². The van der Waals surface area contributed by atoms with Crippen molar-refractivity contribution in [3.8, 4) is 0 Å². The maximum absolute atomic E-state index is 12.1. The van der Waals surface area contributed by atoms with Crippen LogP contribution in [-0.4, -0.2) is 41.9 Å². The van der Waals surface area contributed by atoms with E-state index >= 15 is 0 Å². The molecule has 0 spiro atoms. The molecule has 0 radical (unpaired) electrons. The van der Waals surface area contributed by atoms with E-state index in [0.29, 0.717) is 25.4 Å². The smallest absolute Gasteiger partial charge is 0.242 e. The van der Waals surface area contributed by atoms with E-state index in [2.05, 4.69) is 19.2 Å². The third-order valence-corrected chi connectivity index (χ3v) is 3.92. The minimum Gasteiger partial charge on any atom is -0.354 e. The molecule has 0 saturated carbocycles. The predicted molar refractivity (Wildman–Crippen MR) is 75.5 cm³/mol. The second kappa shape index (κ2) is 7.48. The van der Waals surface area contributed by atoms with Crippen molar-refractivity contribution in [2.75, 3.05) is 13.1 Å². The Morgan fingerprint density at radius 2 is 2.05 bits per heavy atom. The van der Waals surface area contributed by atoms with Crippen molar-refractivity contribution in [2.24, 2.45) is 11.7 Å². The van der Waals surface area contributed by atoms with E-state index in [1.54, 1.807) is 4.90 Å². The zero-order chi connectivity index (χ0) is 14.4. The van der Waals surface area contributed by atoms with E-state index in [1.807, 2.05) is 6.92 Å². The minimum absolute atomic E-state index is 0.0329. The van der Waals surface area contributed by atoms with Crippen molar-refractivity contribution in [2.45, 2.75) is 58.5 Å². The lowest BCUT2D eigenvalue weighted by atomic mass is 10.1. The van der Waals surface area contributed by atoms with Gasteiger partial charge in [-0.3, -0.25) is 9.59 Å². The molecule has 5 nitrogen and oxygen atoms in total. The van der Waals surface area contributed by atoms with E-state index < -0.39 is 6.04 Å². The van der Waals surface area contributed by atoms with Gasteiger partial charge in [-0.1, -0.05) is 27.2 Å². The Labute approximate surface area is 115 Å². The van der Waals surface area contributed by atoms with Gasteiger partial charge in [-0.2, -0.15) is 0 Å². The molecule has 1 unspecified atom stereocenters. The molecule has 19 heavy (non-hydrogen) atoms. The number of hydrogen-bond donors (Lipinski definition) is 2. The third kappa shape index (κ3) is 4.20. The van der Waals surface area contributed by atoms with Crippen LogP contribution in [0.15, 0.2) is 0 Å². The molecule has 3 atom stereocenters. The van der Waals surface area contributed by atoms with E-state index in [4.69, 9.17) is 5.73 Å². The molecule has 3 N–H and O–H groups in total. The Kier molecular flexibility index (Phi) is 6.28. The summed E-state index contributed by atoms with van der Waals surface area (Å²) in [7, 11) is 0. The maximum atomic E-state index is 12.1. The number of likely N-dealkylation sites (tertiary alicyclic amines) is 1. The Morgan fingerprint density at radius 1 is 1.37 bits per heavy atom. The highest BCUT2D eigenvalue weighted by Gasteiger charge is 2.35. The third-order valence-electron chi connectivity index (χ3n) is 3.92. The summed E-state index contributed by atoms with van der Waals surface area (Å²) in [5.74, 6) is 0.338. The number of carbonyl (C=O) groups excluding carboxylic acids is 2. The summed E-state index contributed by atoms with van der Waals surface area (Å²) in [6, 6.07) is -0.808. The first-order valence-corrected chi connectivity index (χ1v) is 7.35. The number of nitrogens with zero attached hydrogens (tertiary/aromatic N) is 1. The molecule has 1 aliphatic rings. The maximum Gasteiger partial charge on any atom is 0.242 e. The molecule has 5 heteroatoms. The SMILES string of the molecule is CCC(C)CNC(=O)[C@@H]1CCCN1C(=O)[C@@H](N)CC. The van der Waals surface area contributed by atoms with Crippen LogP contribution in [0.5, 0.6) is 0 Å². The average Bonchev–Trinajstić information content (AvgIpc) is 2.91. The largest absolute Gasteiger partial charge is 0.354 e. The van der Waals surface area contributed by atoms with Crippen LogP contribution >= 0.6 is 0 Å². The van der Waals surface area contributed by atoms with Gasteiger partial charge in [0.1, 0.15) is 6.04 Å². The predicted octanol–water partition coefficient (Wildman–Crippen LogP) is 0.877. The normalized spacial score (nSPS) is 22.1. The Balaban J connectivity index is 2.56. The zero-order valence-corrected chi connectivity index (χ0v) is 12.3. The second-order valence-corrected chi connectivity index (χ2v) is 5.46. The number of nitrogens with two attached hydrogens (primary N) is 1. The van der Waals surface area contributed by atoms with Gasteiger partial charge in [-0.25, -0.2) is 0 Å². The standard InChI is InChI=1S/C14H27N3O2/c1-4-10(3)9-16-13(18)12-7-6-8-17(12)14(19)11(15)5-2/h10-12H,4-9,15H2,1-3H3,(H,16,18)/t10?,11-,12-/m0/s1. The summed E-state index contributed by atoms with van der Waals surface area (Å²) in [6.07, 6.45) is 3.27. The quantitative estimate of drug-likeness (QED) is 0.751. The van der Waals surface area contributed by atoms with Crippen molar-refractivity contribution in [1.82, 2.24) is 10.2 Å². The number of carbonyl (C=O) groups is 2. The molecule has 1 aliphatic heterocycles. The minimum atomic E-state index is -0.483. The summed E-state index contributed by atoms with van der Waals surface area (Å²) >= 11 is 0. The first kappa shape index (κ1) is 16.0. The van der Waals surface area contributed by atoms with Crippen molar-refractivity contribution in [1.29, 1.82) is 0 Å². The monoisotopic (exact) mass is 269 g/mol. The van der Waals surface area contributed by atoms with Gasteiger partial charge in [0.2, 0.25) is 11.8 Å². The molecular weight excluding hydrogens is 242 g/mol. The van der Waals surface area contributed by atoms with Crippen LogP contribution in [0.25, 0.3) is 0 Å². The van der Waals surface area contributed by atoms with Gasteiger partial charge < -0.3 is 16.0 Å². The lowest BCUT2D eigenvalue weighted by molar-refractivity contribution is -0.139.